The zero-order valence-corrected chi connectivity index (χ0v) is 10.3. The second kappa shape index (κ2) is 4.85. The van der Waals surface area contributed by atoms with Crippen LogP contribution in [0.4, 0.5) is 10.1 Å². The lowest BCUT2D eigenvalue weighted by Crippen LogP contribution is -1.99. The molecule has 1 aromatic carbocycles. The van der Waals surface area contributed by atoms with Gasteiger partial charge < -0.3 is 5.32 Å². The molecule has 0 spiro atoms. The van der Waals surface area contributed by atoms with Crippen molar-refractivity contribution in [1.29, 1.82) is 0 Å². The topological polar surface area (TPSA) is 12.0 Å². The molecule has 2 aromatic rings. The summed E-state index contributed by atoms with van der Waals surface area (Å²) >= 11 is 7.38. The van der Waals surface area contributed by atoms with Crippen molar-refractivity contribution in [3.8, 4) is 0 Å². The lowest BCUT2D eigenvalue weighted by Gasteiger charge is -2.06. The van der Waals surface area contributed by atoms with Gasteiger partial charge in [0.15, 0.2) is 0 Å². The first-order valence-electron chi connectivity index (χ1n) is 4.89. The summed E-state index contributed by atoms with van der Waals surface area (Å²) in [5.41, 5.74) is 0.482. The molecule has 2 rings (SSSR count). The van der Waals surface area contributed by atoms with Gasteiger partial charge in [-0.3, -0.25) is 0 Å². The highest BCUT2D eigenvalue weighted by Gasteiger charge is 2.03. The predicted octanol–water partition coefficient (Wildman–Crippen LogP) is 4.46. The Morgan fingerprint density at radius 3 is 2.75 bits per heavy atom. The third-order valence-corrected chi connectivity index (χ3v) is 3.42. The van der Waals surface area contributed by atoms with E-state index in [0.717, 1.165) is 0 Å². The standard InChI is InChI=1S/C12H11ClFNS/c1-8-2-4-10(16-8)7-15-12-5-3-9(13)6-11(12)14/h2-6,15H,7H2,1H3. The largest absolute Gasteiger partial charge is 0.378 e. The fourth-order valence-electron chi connectivity index (χ4n) is 1.40. The molecule has 1 aromatic heterocycles. The van der Waals surface area contributed by atoms with Crippen molar-refractivity contribution < 1.29 is 4.39 Å². The van der Waals surface area contributed by atoms with Crippen molar-refractivity contribution in [2.45, 2.75) is 13.5 Å². The molecule has 1 N–H and O–H groups in total. The molecule has 0 radical (unpaired) electrons. The van der Waals surface area contributed by atoms with Crippen LogP contribution in [-0.2, 0) is 6.54 Å². The minimum absolute atomic E-state index is 0.319. The van der Waals surface area contributed by atoms with Crippen molar-refractivity contribution in [2.24, 2.45) is 0 Å². The lowest BCUT2D eigenvalue weighted by atomic mass is 10.3. The molecule has 0 aliphatic rings. The van der Waals surface area contributed by atoms with Crippen LogP contribution in [0.3, 0.4) is 0 Å². The Kier molecular flexibility index (Phi) is 3.46. The highest BCUT2D eigenvalue weighted by Crippen LogP contribution is 2.21. The monoisotopic (exact) mass is 255 g/mol. The summed E-state index contributed by atoms with van der Waals surface area (Å²) in [5, 5.41) is 3.46. The van der Waals surface area contributed by atoms with Gasteiger partial charge in [-0.15, -0.1) is 11.3 Å². The summed E-state index contributed by atoms with van der Waals surface area (Å²) in [6.07, 6.45) is 0. The Morgan fingerprint density at radius 2 is 2.12 bits per heavy atom. The molecule has 0 atom stereocenters. The maximum atomic E-state index is 13.4. The maximum absolute atomic E-state index is 13.4. The van der Waals surface area contributed by atoms with Gasteiger partial charge in [0.25, 0.3) is 0 Å². The van der Waals surface area contributed by atoms with Crippen LogP contribution < -0.4 is 5.32 Å². The predicted molar refractivity (Wildman–Crippen MR) is 67.8 cm³/mol. The molecule has 0 saturated carbocycles. The number of thiophene rings is 1. The van der Waals surface area contributed by atoms with Gasteiger partial charge >= 0.3 is 0 Å². The van der Waals surface area contributed by atoms with Crippen LogP contribution in [0.15, 0.2) is 30.3 Å². The van der Waals surface area contributed by atoms with Gasteiger partial charge in [-0.25, -0.2) is 4.39 Å². The zero-order valence-electron chi connectivity index (χ0n) is 8.76. The smallest absolute Gasteiger partial charge is 0.147 e. The van der Waals surface area contributed by atoms with Crippen LogP contribution >= 0.6 is 22.9 Å². The van der Waals surface area contributed by atoms with E-state index in [0.29, 0.717) is 17.3 Å². The first kappa shape index (κ1) is 11.4. The third kappa shape index (κ3) is 2.74. The number of anilines is 1. The number of aryl methyl sites for hydroxylation is 1. The van der Waals surface area contributed by atoms with E-state index in [-0.39, 0.29) is 5.82 Å². The number of nitrogens with one attached hydrogen (secondary N) is 1. The van der Waals surface area contributed by atoms with E-state index in [1.807, 2.05) is 6.07 Å². The van der Waals surface area contributed by atoms with Gasteiger partial charge in [-0.1, -0.05) is 11.6 Å². The van der Waals surface area contributed by atoms with Crippen LogP contribution in [0.5, 0.6) is 0 Å². The summed E-state index contributed by atoms with van der Waals surface area (Å²) in [5.74, 6) is -0.319. The minimum atomic E-state index is -0.319. The van der Waals surface area contributed by atoms with E-state index in [2.05, 4.69) is 18.3 Å². The van der Waals surface area contributed by atoms with Crippen molar-refractivity contribution in [3.63, 3.8) is 0 Å². The van der Waals surface area contributed by atoms with E-state index in [9.17, 15) is 4.39 Å². The molecule has 0 fully saturated rings. The van der Waals surface area contributed by atoms with Crippen molar-refractivity contribution in [3.05, 3.63) is 50.9 Å². The summed E-state index contributed by atoms with van der Waals surface area (Å²) in [4.78, 5) is 2.44. The summed E-state index contributed by atoms with van der Waals surface area (Å²) in [6.45, 7) is 2.69. The molecule has 0 amide bonds. The van der Waals surface area contributed by atoms with Crippen LogP contribution in [0.1, 0.15) is 9.75 Å². The zero-order chi connectivity index (χ0) is 11.5. The number of hydrogen-bond acceptors (Lipinski definition) is 2. The van der Waals surface area contributed by atoms with Crippen molar-refractivity contribution >= 4 is 28.6 Å². The minimum Gasteiger partial charge on any atom is -0.378 e. The third-order valence-electron chi connectivity index (χ3n) is 2.18. The number of rotatable bonds is 3. The Labute approximate surface area is 103 Å². The van der Waals surface area contributed by atoms with E-state index in [4.69, 9.17) is 11.6 Å². The van der Waals surface area contributed by atoms with Gasteiger partial charge in [0.05, 0.1) is 5.69 Å². The first-order chi connectivity index (χ1) is 7.65. The molecule has 1 nitrogen and oxygen atoms in total. The molecule has 0 unspecified atom stereocenters. The summed E-state index contributed by atoms with van der Waals surface area (Å²) < 4.78 is 13.4. The fraction of sp³-hybridized carbons (Fsp3) is 0.167. The second-order valence-corrected chi connectivity index (χ2v) is 5.30. The fourth-order valence-corrected chi connectivity index (χ4v) is 2.38. The Balaban J connectivity index is 2.04. The molecule has 84 valence electrons. The van der Waals surface area contributed by atoms with Gasteiger partial charge in [-0.05, 0) is 37.3 Å². The van der Waals surface area contributed by atoms with Gasteiger partial charge in [0.1, 0.15) is 5.82 Å². The molecular weight excluding hydrogens is 245 g/mol. The van der Waals surface area contributed by atoms with Crippen LogP contribution in [-0.4, -0.2) is 0 Å². The van der Waals surface area contributed by atoms with Gasteiger partial charge in [0.2, 0.25) is 0 Å². The quantitative estimate of drug-likeness (QED) is 0.854. The molecule has 4 heteroatoms. The average Bonchev–Trinajstić information content (AvgIpc) is 2.63. The van der Waals surface area contributed by atoms with E-state index < -0.39 is 0 Å². The van der Waals surface area contributed by atoms with Gasteiger partial charge in [-0.2, -0.15) is 0 Å². The summed E-state index contributed by atoms with van der Waals surface area (Å²) in [7, 11) is 0. The molecule has 0 aliphatic carbocycles. The highest BCUT2D eigenvalue weighted by molar-refractivity contribution is 7.11. The van der Waals surface area contributed by atoms with E-state index in [1.54, 1.807) is 23.5 Å². The molecule has 0 bridgehead atoms. The Bertz CT molecular complexity index is 496. The van der Waals surface area contributed by atoms with Crippen LogP contribution in [0, 0.1) is 12.7 Å². The SMILES string of the molecule is Cc1ccc(CNc2ccc(Cl)cc2F)s1. The molecule has 1 heterocycles. The van der Waals surface area contributed by atoms with Crippen LogP contribution in [0.2, 0.25) is 5.02 Å². The van der Waals surface area contributed by atoms with Crippen molar-refractivity contribution in [1.82, 2.24) is 0 Å². The second-order valence-electron chi connectivity index (χ2n) is 3.49. The molecular formula is C12H11ClFNS. The summed E-state index contributed by atoms with van der Waals surface area (Å²) in [6, 6.07) is 8.73. The number of hydrogen-bond donors (Lipinski definition) is 1. The molecule has 0 aliphatic heterocycles. The molecule has 16 heavy (non-hydrogen) atoms. The number of benzene rings is 1. The van der Waals surface area contributed by atoms with Gasteiger partial charge in [0, 0.05) is 21.3 Å². The van der Waals surface area contributed by atoms with Crippen LogP contribution in [0.25, 0.3) is 0 Å². The van der Waals surface area contributed by atoms with E-state index >= 15 is 0 Å². The normalized spacial score (nSPS) is 10.4. The first-order valence-corrected chi connectivity index (χ1v) is 6.09. The maximum Gasteiger partial charge on any atom is 0.147 e. The lowest BCUT2D eigenvalue weighted by molar-refractivity contribution is 0.630. The van der Waals surface area contributed by atoms with Crippen molar-refractivity contribution in [2.75, 3.05) is 5.32 Å². The Morgan fingerprint density at radius 1 is 1.31 bits per heavy atom. The highest BCUT2D eigenvalue weighted by atomic mass is 35.5. The van der Waals surface area contributed by atoms with E-state index in [1.165, 1.54) is 15.8 Å². The number of halogens is 2. The average molecular weight is 256 g/mol. The Hall–Kier alpha value is -1.06. The molecule has 0 saturated heterocycles.